The zero-order valence-corrected chi connectivity index (χ0v) is 29.8. The molecule has 0 saturated carbocycles. The van der Waals surface area contributed by atoms with Crippen LogP contribution in [0.5, 0.6) is 0 Å². The number of carboxylic acid groups (broad SMARTS) is 1. The summed E-state index contributed by atoms with van der Waals surface area (Å²) in [6.45, 7) is 6.31. The molecule has 3 atom stereocenters. The van der Waals surface area contributed by atoms with Gasteiger partial charge < -0.3 is 34.3 Å². The number of nitrogens with zero attached hydrogens (tertiary/aromatic N) is 6. The summed E-state index contributed by atoms with van der Waals surface area (Å²) in [6, 6.07) is 2.53. The third-order valence-electron chi connectivity index (χ3n) is 9.52. The third-order valence-corrected chi connectivity index (χ3v) is 10.7. The van der Waals surface area contributed by atoms with Crippen molar-refractivity contribution >= 4 is 47.1 Å². The lowest BCUT2D eigenvalue weighted by molar-refractivity contribution is 0.0486. The first-order valence-corrected chi connectivity index (χ1v) is 17.9. The number of rotatable bonds is 8. The largest absolute Gasteiger partial charge is 0.477 e. The normalized spacial score (nSPS) is 19.4. The summed E-state index contributed by atoms with van der Waals surface area (Å²) in [4.78, 5) is 49.7. The predicted molar refractivity (Wildman–Crippen MR) is 187 cm³/mol. The van der Waals surface area contributed by atoms with E-state index < -0.39 is 48.8 Å². The highest BCUT2D eigenvalue weighted by Crippen LogP contribution is 2.52. The van der Waals surface area contributed by atoms with Gasteiger partial charge in [-0.15, -0.1) is 0 Å². The molecule has 4 aliphatic heterocycles. The van der Waals surface area contributed by atoms with Crippen LogP contribution in [0.3, 0.4) is 0 Å². The number of pyridine rings is 3. The summed E-state index contributed by atoms with van der Waals surface area (Å²) in [5, 5.41) is 12.6. The first-order valence-electron chi connectivity index (χ1n) is 16.4. The molecule has 4 aliphatic rings. The fraction of sp³-hybridized carbons (Fsp3) is 0.412. The summed E-state index contributed by atoms with van der Waals surface area (Å²) in [5.74, 6) is -3.19. The first-order chi connectivity index (χ1) is 24.0. The Balaban J connectivity index is 1.57. The van der Waals surface area contributed by atoms with E-state index in [4.69, 9.17) is 14.0 Å². The minimum Gasteiger partial charge on any atom is -0.477 e. The number of likely N-dealkylation sites (tertiary alicyclic amines) is 1. The van der Waals surface area contributed by atoms with Crippen molar-refractivity contribution in [1.29, 1.82) is 0 Å². The fourth-order valence-corrected chi connectivity index (χ4v) is 8.51. The number of halogens is 2. The van der Waals surface area contributed by atoms with Gasteiger partial charge in [-0.1, -0.05) is 0 Å². The molecule has 0 bridgehead atoms. The number of fused-ring (bicyclic) bond motifs is 5. The number of likely N-dealkylation sites (N-methyl/N-ethyl adjacent to an activating group) is 1. The van der Waals surface area contributed by atoms with Gasteiger partial charge in [-0.25, -0.2) is 28.1 Å². The molecule has 51 heavy (non-hydrogen) atoms. The van der Waals surface area contributed by atoms with Gasteiger partial charge in [0.15, 0.2) is 11.6 Å². The van der Waals surface area contributed by atoms with Gasteiger partial charge in [-0.05, 0) is 46.2 Å². The maximum absolute atomic E-state index is 16.2. The van der Waals surface area contributed by atoms with Gasteiger partial charge in [0.05, 0.1) is 38.8 Å². The molecule has 17 heteroatoms. The lowest BCUT2D eigenvalue weighted by Gasteiger charge is -2.32. The topological polar surface area (TPSA) is 164 Å². The van der Waals surface area contributed by atoms with Crippen LogP contribution in [0.25, 0.3) is 44.5 Å². The molecule has 3 N–H and O–H groups in total. The zero-order chi connectivity index (χ0) is 36.7. The van der Waals surface area contributed by atoms with E-state index in [0.29, 0.717) is 29.9 Å². The molecule has 3 aromatic rings. The van der Waals surface area contributed by atoms with Gasteiger partial charge in [0.1, 0.15) is 23.8 Å². The standard InChI is InChI=1S/C34H38F2N7O7P/c1-34(2,3)50-51(47,48)49-16-42-14-20(18-9-19-30(44)21(33(45)46)13-41(6)31(19)38-11-18)29(43-8-7-17-12-40(5)15-24(17)43)26-25-27(36)22(35)10-23(37-4)28(25)39-32(26)42/h9-11,13-14,17,24,37H,7-8,12,15-16H2,1-6H3,(H,45,46)(H,47,48). The predicted octanol–water partition coefficient (Wildman–Crippen LogP) is 5.10. The molecular weight excluding hydrogens is 687 g/mol. The molecule has 270 valence electrons. The summed E-state index contributed by atoms with van der Waals surface area (Å²) < 4.78 is 58.2. The monoisotopic (exact) mass is 725 g/mol. The highest BCUT2D eigenvalue weighted by molar-refractivity contribution is 7.47. The molecular formula is C34H38F2N7O7P. The highest BCUT2D eigenvalue weighted by Gasteiger charge is 2.43. The van der Waals surface area contributed by atoms with Crippen LogP contribution in [0.15, 0.2) is 35.5 Å². The quantitative estimate of drug-likeness (QED) is 0.182. The second-order valence-electron chi connectivity index (χ2n) is 14.2. The Morgan fingerprint density at radius 3 is 2.61 bits per heavy atom. The Morgan fingerprint density at radius 2 is 1.92 bits per heavy atom. The minimum absolute atomic E-state index is 0.00728. The molecule has 7 rings (SSSR count). The van der Waals surface area contributed by atoms with E-state index in [9.17, 15) is 24.2 Å². The molecule has 0 spiro atoms. The molecule has 0 radical (unpaired) electrons. The van der Waals surface area contributed by atoms with E-state index in [1.165, 1.54) is 27.6 Å². The summed E-state index contributed by atoms with van der Waals surface area (Å²) in [6.07, 6.45) is 5.15. The van der Waals surface area contributed by atoms with Crippen LogP contribution in [-0.4, -0.2) is 85.3 Å². The van der Waals surface area contributed by atoms with Crippen molar-refractivity contribution in [3.8, 4) is 22.5 Å². The number of aryl methyl sites for hydroxylation is 1. The number of phosphoric acid groups is 1. The molecule has 6 heterocycles. The van der Waals surface area contributed by atoms with Crippen LogP contribution in [0.1, 0.15) is 37.6 Å². The van der Waals surface area contributed by atoms with Crippen molar-refractivity contribution in [2.75, 3.05) is 43.9 Å². The lowest BCUT2D eigenvalue weighted by Crippen LogP contribution is -2.35. The smallest absolute Gasteiger partial charge is 0.474 e. The third kappa shape index (κ3) is 6.04. The number of benzene rings is 1. The number of phosphoric ester groups is 1. The van der Waals surface area contributed by atoms with Crippen molar-refractivity contribution in [1.82, 2.24) is 24.0 Å². The van der Waals surface area contributed by atoms with E-state index in [0.717, 1.165) is 19.0 Å². The molecule has 0 aliphatic carbocycles. The zero-order valence-electron chi connectivity index (χ0n) is 28.9. The average molecular weight is 726 g/mol. The van der Waals surface area contributed by atoms with Crippen LogP contribution in [-0.2, 0) is 27.4 Å². The van der Waals surface area contributed by atoms with Crippen LogP contribution >= 0.6 is 7.82 Å². The van der Waals surface area contributed by atoms with Crippen molar-refractivity contribution in [2.45, 2.75) is 45.6 Å². The minimum atomic E-state index is -4.65. The first kappa shape index (κ1) is 35.0. The maximum atomic E-state index is 16.2. The summed E-state index contributed by atoms with van der Waals surface area (Å²) in [7, 11) is 0.514. The van der Waals surface area contributed by atoms with Gasteiger partial charge in [0.2, 0.25) is 5.43 Å². The highest BCUT2D eigenvalue weighted by atomic mass is 31.2. The van der Waals surface area contributed by atoms with Crippen molar-refractivity contribution in [3.05, 3.63) is 58.1 Å². The molecule has 2 fully saturated rings. The number of hydrogen-bond acceptors (Lipinski definition) is 10. The van der Waals surface area contributed by atoms with E-state index in [-0.39, 0.29) is 51.0 Å². The Morgan fingerprint density at radius 1 is 1.18 bits per heavy atom. The Bertz CT molecular complexity index is 2320. The molecule has 3 unspecified atom stereocenters. The van der Waals surface area contributed by atoms with Crippen molar-refractivity contribution in [2.24, 2.45) is 13.0 Å². The van der Waals surface area contributed by atoms with Crippen LogP contribution in [0.2, 0.25) is 0 Å². The number of aromatic carboxylic acids is 1. The fourth-order valence-electron chi connectivity index (χ4n) is 7.50. The van der Waals surface area contributed by atoms with E-state index in [2.05, 4.69) is 20.1 Å². The van der Waals surface area contributed by atoms with Gasteiger partial charge >= 0.3 is 13.8 Å². The van der Waals surface area contributed by atoms with E-state index in [1.807, 2.05) is 7.05 Å². The van der Waals surface area contributed by atoms with Crippen molar-refractivity contribution < 1.29 is 37.2 Å². The van der Waals surface area contributed by atoms with E-state index >= 15 is 8.78 Å². The molecule has 0 amide bonds. The average Bonchev–Trinajstić information content (AvgIpc) is 3.74. The van der Waals surface area contributed by atoms with Gasteiger partial charge in [-0.3, -0.25) is 13.8 Å². The van der Waals surface area contributed by atoms with Gasteiger partial charge in [0, 0.05) is 75.6 Å². The lowest BCUT2D eigenvalue weighted by atomic mass is 9.97. The van der Waals surface area contributed by atoms with Crippen LogP contribution in [0, 0.1) is 17.6 Å². The number of hydrogen-bond donors (Lipinski definition) is 3. The summed E-state index contributed by atoms with van der Waals surface area (Å²) >= 11 is 0. The van der Waals surface area contributed by atoms with Gasteiger partial charge in [0.25, 0.3) is 0 Å². The Labute approximate surface area is 291 Å². The maximum Gasteiger partial charge on any atom is 0.474 e. The van der Waals surface area contributed by atoms with Crippen molar-refractivity contribution in [3.63, 3.8) is 0 Å². The number of carboxylic acids is 1. The number of nitrogens with one attached hydrogen (secondary N) is 1. The second-order valence-corrected chi connectivity index (χ2v) is 15.6. The molecule has 14 nitrogen and oxygen atoms in total. The molecule has 1 aromatic carbocycles. The van der Waals surface area contributed by atoms with Crippen LogP contribution in [0.4, 0.5) is 20.2 Å². The Hall–Kier alpha value is -4.47. The number of carbonyl (C=O) groups is 1. The summed E-state index contributed by atoms with van der Waals surface area (Å²) in [5.41, 5.74) is -0.126. The SMILES string of the molecule is CNc1cc(F)c(F)c2c3c(N4CCC5CN(C)CC54)c(-c4cnc5c(c4)c(=O)c(C(=O)O)cn5C)cn(COP(=O)(O)OC(C)(C)C)c-3nc12. The molecule has 2 saturated heterocycles. The second kappa shape index (κ2) is 12.3. The number of anilines is 2. The Kier molecular flexibility index (Phi) is 8.46. The van der Waals surface area contributed by atoms with E-state index in [1.54, 1.807) is 41.1 Å². The number of aromatic nitrogens is 4. The van der Waals surface area contributed by atoms with Gasteiger partial charge in [-0.2, -0.15) is 0 Å². The molecule has 2 aromatic heterocycles. The van der Waals surface area contributed by atoms with Crippen LogP contribution < -0.4 is 15.6 Å².